The van der Waals surface area contributed by atoms with Crippen LogP contribution in [0.25, 0.3) is 22.3 Å². The number of aliphatic hydroxyl groups excluding tert-OH is 1. The smallest absolute Gasteiger partial charge is 0.164 e. The average Bonchev–Trinajstić information content (AvgIpc) is 3.30. The van der Waals surface area contributed by atoms with Gasteiger partial charge in [0.1, 0.15) is 42.3 Å². The van der Waals surface area contributed by atoms with E-state index >= 15 is 0 Å². The highest BCUT2D eigenvalue weighted by molar-refractivity contribution is 6.32. The first-order valence-electron chi connectivity index (χ1n) is 12.1. The SMILES string of the molecule is C=CC(O)N1CCC[C@@H](n2nc(-c3ccc(OCC4=CC(F)=C(F)CC4)c(Cl)c3)c3c(N)ncnc32)C1. The fourth-order valence-corrected chi connectivity index (χ4v) is 5.03. The molecule has 194 valence electrons. The number of anilines is 1. The first-order valence-corrected chi connectivity index (χ1v) is 12.4. The van der Waals surface area contributed by atoms with E-state index in [0.717, 1.165) is 19.4 Å². The normalized spacial score (nSPS) is 19.7. The van der Waals surface area contributed by atoms with Gasteiger partial charge in [-0.3, -0.25) is 4.90 Å². The summed E-state index contributed by atoms with van der Waals surface area (Å²) in [6, 6.07) is 5.21. The van der Waals surface area contributed by atoms with E-state index in [2.05, 4.69) is 16.5 Å². The zero-order valence-electron chi connectivity index (χ0n) is 20.1. The third-order valence-corrected chi connectivity index (χ3v) is 7.05. The molecule has 5 rings (SSSR count). The molecule has 0 bridgehead atoms. The van der Waals surface area contributed by atoms with Gasteiger partial charge in [-0.25, -0.2) is 23.4 Å². The van der Waals surface area contributed by atoms with Crippen molar-refractivity contribution in [2.24, 2.45) is 0 Å². The summed E-state index contributed by atoms with van der Waals surface area (Å²) in [5, 5.41) is 16.1. The molecule has 11 heteroatoms. The fraction of sp³-hybridized carbons (Fsp3) is 0.346. The summed E-state index contributed by atoms with van der Waals surface area (Å²) in [7, 11) is 0. The summed E-state index contributed by atoms with van der Waals surface area (Å²) in [6.45, 7) is 5.14. The van der Waals surface area contributed by atoms with E-state index in [9.17, 15) is 13.9 Å². The lowest BCUT2D eigenvalue weighted by Gasteiger charge is -2.34. The Bertz CT molecular complexity index is 1410. The van der Waals surface area contributed by atoms with E-state index in [1.54, 1.807) is 12.1 Å². The van der Waals surface area contributed by atoms with Crippen molar-refractivity contribution < 1.29 is 18.6 Å². The predicted molar refractivity (Wildman–Crippen MR) is 138 cm³/mol. The number of rotatable bonds is 7. The molecule has 0 radical (unpaired) electrons. The predicted octanol–water partition coefficient (Wildman–Crippen LogP) is 5.12. The van der Waals surface area contributed by atoms with Crippen LogP contribution in [-0.2, 0) is 0 Å². The molecular weight excluding hydrogens is 502 g/mol. The summed E-state index contributed by atoms with van der Waals surface area (Å²) >= 11 is 6.54. The molecular formula is C26H27ClF2N6O2. The molecule has 0 saturated carbocycles. The van der Waals surface area contributed by atoms with Gasteiger partial charge in [0, 0.05) is 25.1 Å². The van der Waals surface area contributed by atoms with Crippen molar-refractivity contribution in [3.05, 3.63) is 65.5 Å². The molecule has 0 spiro atoms. The van der Waals surface area contributed by atoms with Crippen LogP contribution in [0.1, 0.15) is 31.7 Å². The topological polar surface area (TPSA) is 102 Å². The third kappa shape index (κ3) is 5.09. The van der Waals surface area contributed by atoms with Crippen LogP contribution >= 0.6 is 11.6 Å². The number of nitrogen functional groups attached to an aromatic ring is 1. The summed E-state index contributed by atoms with van der Waals surface area (Å²) in [4.78, 5) is 10.6. The van der Waals surface area contributed by atoms with Gasteiger partial charge in [-0.2, -0.15) is 5.10 Å². The maximum Gasteiger partial charge on any atom is 0.164 e. The van der Waals surface area contributed by atoms with Crippen molar-refractivity contribution in [2.75, 3.05) is 25.4 Å². The summed E-state index contributed by atoms with van der Waals surface area (Å²) in [6.07, 6.45) is 5.52. The molecule has 1 unspecified atom stereocenters. The monoisotopic (exact) mass is 528 g/mol. The Morgan fingerprint density at radius 2 is 2.14 bits per heavy atom. The number of hydrogen-bond acceptors (Lipinski definition) is 7. The Hall–Kier alpha value is -3.34. The first-order chi connectivity index (χ1) is 17.9. The number of ether oxygens (including phenoxy) is 1. The van der Waals surface area contributed by atoms with E-state index in [1.165, 1.54) is 18.5 Å². The molecule has 3 heterocycles. The molecule has 2 aliphatic rings. The number of aliphatic hydroxyl groups is 1. The van der Waals surface area contributed by atoms with Crippen molar-refractivity contribution in [1.29, 1.82) is 0 Å². The molecule has 1 fully saturated rings. The standard InChI is InChI=1S/C26H27ClF2N6O2/c1-2-22(36)34-9-3-4-17(12-34)35-26-23(25(30)31-14-32-26)24(33-35)16-6-8-21(18(27)11-16)37-13-15-5-7-19(28)20(29)10-15/h2,6,8,10-11,14,17,22,36H,1,3-5,7,9,12-13H2,(H2,30,31,32)/t17-,22?/m1/s1. The minimum absolute atomic E-state index is 0.0260. The molecule has 1 aromatic carbocycles. The molecule has 1 aliphatic carbocycles. The summed E-state index contributed by atoms with van der Waals surface area (Å²) in [5.74, 6) is -0.878. The van der Waals surface area contributed by atoms with Gasteiger partial charge >= 0.3 is 0 Å². The van der Waals surface area contributed by atoms with Gasteiger partial charge in [0.25, 0.3) is 0 Å². The summed E-state index contributed by atoms with van der Waals surface area (Å²) < 4.78 is 34.4. The van der Waals surface area contributed by atoms with Gasteiger partial charge in [0.15, 0.2) is 11.5 Å². The van der Waals surface area contributed by atoms with Crippen molar-refractivity contribution in [2.45, 2.75) is 38.0 Å². The van der Waals surface area contributed by atoms with Crippen LogP contribution in [0.5, 0.6) is 5.75 Å². The van der Waals surface area contributed by atoms with Gasteiger partial charge in [-0.05, 0) is 55.2 Å². The van der Waals surface area contributed by atoms with Crippen molar-refractivity contribution in [3.63, 3.8) is 0 Å². The number of fused-ring (bicyclic) bond motifs is 1. The quantitative estimate of drug-likeness (QED) is 0.410. The Morgan fingerprint density at radius 3 is 2.89 bits per heavy atom. The lowest BCUT2D eigenvalue weighted by Crippen LogP contribution is -2.42. The third-order valence-electron chi connectivity index (χ3n) is 6.75. The maximum absolute atomic E-state index is 13.5. The van der Waals surface area contributed by atoms with Crippen molar-refractivity contribution >= 4 is 28.5 Å². The number of likely N-dealkylation sites (tertiary alicyclic amines) is 1. The fourth-order valence-electron chi connectivity index (χ4n) is 4.79. The van der Waals surface area contributed by atoms with Crippen LogP contribution < -0.4 is 10.5 Å². The molecule has 37 heavy (non-hydrogen) atoms. The van der Waals surface area contributed by atoms with E-state index < -0.39 is 17.9 Å². The molecule has 0 amide bonds. The van der Waals surface area contributed by atoms with Crippen LogP contribution in [0.4, 0.5) is 14.6 Å². The molecule has 8 nitrogen and oxygen atoms in total. The maximum atomic E-state index is 13.5. The van der Waals surface area contributed by atoms with Crippen LogP contribution in [0, 0.1) is 0 Å². The molecule has 1 saturated heterocycles. The zero-order valence-corrected chi connectivity index (χ0v) is 20.8. The van der Waals surface area contributed by atoms with Gasteiger partial charge in [-0.15, -0.1) is 0 Å². The molecule has 1 aliphatic heterocycles. The van der Waals surface area contributed by atoms with E-state index in [1.807, 2.05) is 15.6 Å². The minimum atomic E-state index is -0.853. The van der Waals surface area contributed by atoms with Gasteiger partial charge in [0.05, 0.1) is 16.5 Å². The number of halogens is 3. The van der Waals surface area contributed by atoms with Crippen LogP contribution in [0.15, 0.2) is 60.5 Å². The van der Waals surface area contributed by atoms with E-state index in [0.29, 0.717) is 57.4 Å². The number of hydrogen-bond donors (Lipinski definition) is 2. The second kappa shape index (κ2) is 10.6. The largest absolute Gasteiger partial charge is 0.488 e. The molecule has 3 N–H and O–H groups in total. The Morgan fingerprint density at radius 1 is 1.30 bits per heavy atom. The zero-order chi connectivity index (χ0) is 26.1. The molecule has 2 atom stereocenters. The van der Waals surface area contributed by atoms with E-state index in [4.69, 9.17) is 27.2 Å². The van der Waals surface area contributed by atoms with E-state index in [-0.39, 0.29) is 19.1 Å². The highest BCUT2D eigenvalue weighted by atomic mass is 35.5. The second-order valence-corrected chi connectivity index (χ2v) is 9.59. The van der Waals surface area contributed by atoms with Gasteiger partial charge < -0.3 is 15.6 Å². The highest BCUT2D eigenvalue weighted by Crippen LogP contribution is 2.37. The molecule has 2 aromatic heterocycles. The van der Waals surface area contributed by atoms with Gasteiger partial charge in [0.2, 0.25) is 0 Å². The molecule has 3 aromatic rings. The Labute approximate surface area is 217 Å². The lowest BCUT2D eigenvalue weighted by molar-refractivity contribution is 0.0127. The Balaban J connectivity index is 1.44. The first kappa shape index (κ1) is 25.3. The van der Waals surface area contributed by atoms with Crippen LogP contribution in [0.3, 0.4) is 0 Å². The van der Waals surface area contributed by atoms with Crippen LogP contribution in [-0.4, -0.2) is 55.7 Å². The van der Waals surface area contributed by atoms with Crippen LogP contribution in [0.2, 0.25) is 5.02 Å². The summed E-state index contributed by atoms with van der Waals surface area (Å²) in [5.41, 5.74) is 8.80. The Kier molecular flexibility index (Phi) is 7.23. The van der Waals surface area contributed by atoms with Crippen molar-refractivity contribution in [3.8, 4) is 17.0 Å². The lowest BCUT2D eigenvalue weighted by atomic mass is 10.0. The minimum Gasteiger partial charge on any atom is -0.488 e. The number of nitrogens with zero attached hydrogens (tertiary/aromatic N) is 5. The number of nitrogens with two attached hydrogens (primary N) is 1. The number of allylic oxidation sites excluding steroid dienone is 3. The number of benzene rings is 1. The average molecular weight is 529 g/mol. The van der Waals surface area contributed by atoms with Gasteiger partial charge in [-0.1, -0.05) is 18.2 Å². The highest BCUT2D eigenvalue weighted by Gasteiger charge is 2.28. The second-order valence-electron chi connectivity index (χ2n) is 9.18. The van der Waals surface area contributed by atoms with Crippen molar-refractivity contribution in [1.82, 2.24) is 24.6 Å². The number of aromatic nitrogens is 4. The number of piperidine rings is 1.